The van der Waals surface area contributed by atoms with E-state index in [4.69, 9.17) is 15.0 Å². The van der Waals surface area contributed by atoms with Crippen molar-refractivity contribution in [3.05, 3.63) is 235 Å². The van der Waals surface area contributed by atoms with Gasteiger partial charge in [-0.25, -0.2) is 9.97 Å². The van der Waals surface area contributed by atoms with Crippen molar-refractivity contribution < 1.29 is 0 Å². The summed E-state index contributed by atoms with van der Waals surface area (Å²) in [6.07, 6.45) is 1.87. The topological polar surface area (TPSA) is 38.7 Å². The first-order valence-corrected chi connectivity index (χ1v) is 21.1. The summed E-state index contributed by atoms with van der Waals surface area (Å²) in [5.41, 5.74) is 17.6. The van der Waals surface area contributed by atoms with E-state index >= 15 is 0 Å². The largest absolute Gasteiger partial charge is 0.256 e. The fourth-order valence-electron chi connectivity index (χ4n) is 9.44. The normalized spacial score (nSPS) is 13.1. The molecule has 10 aromatic rings. The lowest BCUT2D eigenvalue weighted by Crippen LogP contribution is -2.31. The lowest BCUT2D eigenvalue weighted by atomic mass is 9.67. The Balaban J connectivity index is 1.09. The van der Waals surface area contributed by atoms with Crippen molar-refractivity contribution in [2.75, 3.05) is 0 Å². The summed E-state index contributed by atoms with van der Waals surface area (Å²) >= 11 is 1.87. The van der Waals surface area contributed by atoms with Crippen LogP contribution in [0.3, 0.4) is 0 Å². The third kappa shape index (κ3) is 5.49. The Hall–Kier alpha value is -7.40. The zero-order valence-corrected chi connectivity index (χ0v) is 33.3. The number of hydrogen-bond acceptors (Lipinski definition) is 4. The molecule has 2 aliphatic rings. The fraction of sp³-hybridized carbons (Fsp3) is 0.0179. The predicted molar refractivity (Wildman–Crippen MR) is 246 cm³/mol. The number of rotatable bonds is 5. The number of pyridine rings is 1. The Morgan fingerprint density at radius 2 is 0.883 bits per heavy atom. The fourth-order valence-corrected chi connectivity index (χ4v) is 10.6. The highest BCUT2D eigenvalue weighted by atomic mass is 32.2. The van der Waals surface area contributed by atoms with Crippen molar-refractivity contribution in [2.45, 2.75) is 15.2 Å². The maximum Gasteiger partial charge on any atom is 0.160 e. The Kier molecular flexibility index (Phi) is 8.00. The van der Waals surface area contributed by atoms with Crippen molar-refractivity contribution in [1.82, 2.24) is 15.0 Å². The Labute approximate surface area is 353 Å². The standard InChI is InChI=1S/C56H35N3S/c1-3-13-36(14-4-1)39-17-11-18-42(31-39)51-35-52(59-55(58-51)38-15-5-2-6-16-38)43-27-29-47-45(33-43)44-32-40(41-25-24-37-19-12-30-57-50(37)34-41)26-28-46(44)56(47)48-20-7-9-22-53(48)60-54-23-10-8-21-49(54)56/h1-35H. The molecule has 3 nitrogen and oxygen atoms in total. The van der Waals surface area contributed by atoms with Gasteiger partial charge in [-0.05, 0) is 104 Å². The molecule has 1 spiro atoms. The van der Waals surface area contributed by atoms with E-state index in [1.165, 1.54) is 48.7 Å². The van der Waals surface area contributed by atoms with Gasteiger partial charge < -0.3 is 0 Å². The second kappa shape index (κ2) is 13.9. The van der Waals surface area contributed by atoms with E-state index < -0.39 is 5.41 Å². The molecule has 1 aliphatic heterocycles. The van der Waals surface area contributed by atoms with E-state index in [2.05, 4.69) is 182 Å². The molecule has 12 rings (SSSR count). The highest BCUT2D eigenvalue weighted by molar-refractivity contribution is 7.99. The number of nitrogens with zero attached hydrogens (tertiary/aromatic N) is 3. The Bertz CT molecular complexity index is 3260. The second-order valence-electron chi connectivity index (χ2n) is 15.6. The molecule has 2 aromatic heterocycles. The number of aromatic nitrogens is 3. The van der Waals surface area contributed by atoms with Crippen molar-refractivity contribution in [1.29, 1.82) is 0 Å². The van der Waals surface area contributed by atoms with Crippen molar-refractivity contribution in [3.63, 3.8) is 0 Å². The van der Waals surface area contributed by atoms with Crippen LogP contribution in [0.4, 0.5) is 0 Å². The van der Waals surface area contributed by atoms with Crippen LogP contribution in [0.15, 0.2) is 222 Å². The molecular formula is C56H35N3S. The molecule has 0 amide bonds. The van der Waals surface area contributed by atoms with Crippen LogP contribution in [0.25, 0.3) is 78.2 Å². The Morgan fingerprint density at radius 3 is 1.60 bits per heavy atom. The first-order valence-electron chi connectivity index (χ1n) is 20.3. The minimum Gasteiger partial charge on any atom is -0.256 e. The van der Waals surface area contributed by atoms with E-state index in [9.17, 15) is 0 Å². The smallest absolute Gasteiger partial charge is 0.160 e. The average Bonchev–Trinajstić information content (AvgIpc) is 3.61. The molecule has 3 heterocycles. The van der Waals surface area contributed by atoms with Gasteiger partial charge in [0, 0.05) is 38.1 Å². The molecule has 60 heavy (non-hydrogen) atoms. The summed E-state index contributed by atoms with van der Waals surface area (Å²) in [6, 6.07) is 74.4. The second-order valence-corrected chi connectivity index (χ2v) is 16.6. The summed E-state index contributed by atoms with van der Waals surface area (Å²) < 4.78 is 0. The van der Waals surface area contributed by atoms with Gasteiger partial charge in [0.1, 0.15) is 0 Å². The summed E-state index contributed by atoms with van der Waals surface area (Å²) in [6.45, 7) is 0. The van der Waals surface area contributed by atoms with Gasteiger partial charge in [-0.15, -0.1) is 0 Å². The molecule has 0 fully saturated rings. The van der Waals surface area contributed by atoms with Gasteiger partial charge in [-0.2, -0.15) is 0 Å². The predicted octanol–water partition coefficient (Wildman–Crippen LogP) is 14.2. The quantitative estimate of drug-likeness (QED) is 0.174. The first-order chi connectivity index (χ1) is 29.7. The summed E-state index contributed by atoms with van der Waals surface area (Å²) in [4.78, 5) is 17.8. The van der Waals surface area contributed by atoms with E-state index in [1.807, 2.05) is 42.2 Å². The van der Waals surface area contributed by atoms with Crippen LogP contribution in [0.5, 0.6) is 0 Å². The molecule has 0 radical (unpaired) electrons. The molecule has 1 aliphatic carbocycles. The molecule has 0 saturated heterocycles. The minimum absolute atomic E-state index is 0.491. The monoisotopic (exact) mass is 781 g/mol. The van der Waals surface area contributed by atoms with Gasteiger partial charge in [-0.3, -0.25) is 4.98 Å². The number of hydrogen-bond donors (Lipinski definition) is 0. The molecule has 0 atom stereocenters. The zero-order chi connectivity index (χ0) is 39.6. The summed E-state index contributed by atoms with van der Waals surface area (Å²) in [5.74, 6) is 0.699. The van der Waals surface area contributed by atoms with Gasteiger partial charge in [0.05, 0.1) is 22.3 Å². The van der Waals surface area contributed by atoms with Gasteiger partial charge in [0.2, 0.25) is 0 Å². The Morgan fingerprint density at radius 1 is 0.350 bits per heavy atom. The number of benzene rings is 8. The van der Waals surface area contributed by atoms with Crippen molar-refractivity contribution in [2.24, 2.45) is 0 Å². The third-order valence-corrected chi connectivity index (χ3v) is 13.3. The van der Waals surface area contributed by atoms with Crippen molar-refractivity contribution in [3.8, 4) is 67.3 Å². The highest BCUT2D eigenvalue weighted by Gasteiger charge is 2.50. The van der Waals surface area contributed by atoms with Crippen LogP contribution in [0, 0.1) is 0 Å². The molecule has 8 aromatic carbocycles. The van der Waals surface area contributed by atoms with Gasteiger partial charge in [0.25, 0.3) is 0 Å². The lowest BCUT2D eigenvalue weighted by Gasteiger charge is -2.39. The van der Waals surface area contributed by atoms with Crippen LogP contribution >= 0.6 is 11.8 Å². The SMILES string of the molecule is c1ccc(-c2cccc(-c3cc(-c4ccc5c(c4)-c4cc(-c6ccc7cccnc7c6)ccc4C54c5ccccc5Sc5ccccc54)nc(-c4ccccc4)n3)c2)cc1. The van der Waals surface area contributed by atoms with Gasteiger partial charge >= 0.3 is 0 Å². The van der Waals surface area contributed by atoms with Crippen LogP contribution < -0.4 is 0 Å². The molecule has 0 N–H and O–H groups in total. The van der Waals surface area contributed by atoms with Crippen LogP contribution in [-0.2, 0) is 5.41 Å². The average molecular weight is 782 g/mol. The van der Waals surface area contributed by atoms with Gasteiger partial charge in [-0.1, -0.05) is 169 Å². The summed E-state index contributed by atoms with van der Waals surface area (Å²) in [7, 11) is 0. The van der Waals surface area contributed by atoms with Crippen LogP contribution in [0.2, 0.25) is 0 Å². The van der Waals surface area contributed by atoms with E-state index in [-0.39, 0.29) is 0 Å². The van der Waals surface area contributed by atoms with E-state index in [1.54, 1.807) is 0 Å². The molecule has 0 saturated carbocycles. The molecule has 0 bridgehead atoms. The highest BCUT2D eigenvalue weighted by Crippen LogP contribution is 2.62. The maximum absolute atomic E-state index is 5.31. The molecule has 280 valence electrons. The molecule has 0 unspecified atom stereocenters. The zero-order valence-electron chi connectivity index (χ0n) is 32.5. The van der Waals surface area contributed by atoms with Crippen LogP contribution in [0.1, 0.15) is 22.3 Å². The lowest BCUT2D eigenvalue weighted by molar-refractivity contribution is 0.722. The van der Waals surface area contributed by atoms with Crippen LogP contribution in [-0.4, -0.2) is 15.0 Å². The van der Waals surface area contributed by atoms with Crippen molar-refractivity contribution >= 4 is 22.7 Å². The molecule has 4 heteroatoms. The number of fused-ring (bicyclic) bond motifs is 10. The van der Waals surface area contributed by atoms with E-state index in [0.717, 1.165) is 55.7 Å². The first kappa shape index (κ1) is 34.6. The molecular weight excluding hydrogens is 747 g/mol. The van der Waals surface area contributed by atoms with E-state index in [0.29, 0.717) is 5.82 Å². The maximum atomic E-state index is 5.31. The van der Waals surface area contributed by atoms with Gasteiger partial charge in [0.15, 0.2) is 5.82 Å². The summed E-state index contributed by atoms with van der Waals surface area (Å²) in [5, 5.41) is 1.13. The minimum atomic E-state index is -0.491. The third-order valence-electron chi connectivity index (χ3n) is 12.2.